The quantitative estimate of drug-likeness (QED) is 0.697. The van der Waals surface area contributed by atoms with Gasteiger partial charge in [0.2, 0.25) is 12.7 Å². The average molecular weight is 364 g/mol. The van der Waals surface area contributed by atoms with Crippen LogP contribution in [0, 0.1) is 0 Å². The number of furan rings is 1. The number of rotatable bonds is 6. The van der Waals surface area contributed by atoms with Gasteiger partial charge in [-0.05, 0) is 36.8 Å². The molecular formula is C21H20N2O4. The lowest BCUT2D eigenvalue weighted by atomic mass is 10.0. The first-order chi connectivity index (χ1) is 13.2. The van der Waals surface area contributed by atoms with Crippen molar-refractivity contribution in [3.63, 3.8) is 0 Å². The predicted octanol–water partition coefficient (Wildman–Crippen LogP) is 3.71. The van der Waals surface area contributed by atoms with Gasteiger partial charge in [-0.1, -0.05) is 30.3 Å². The van der Waals surface area contributed by atoms with E-state index in [1.165, 1.54) is 0 Å². The molecule has 27 heavy (non-hydrogen) atoms. The number of amides is 1. The van der Waals surface area contributed by atoms with E-state index in [2.05, 4.69) is 10.6 Å². The van der Waals surface area contributed by atoms with E-state index in [4.69, 9.17) is 13.9 Å². The molecule has 138 valence electrons. The van der Waals surface area contributed by atoms with Crippen molar-refractivity contribution in [3.8, 4) is 11.5 Å². The number of hydrogen-bond acceptors (Lipinski definition) is 5. The number of ether oxygens (including phenoxy) is 2. The summed E-state index contributed by atoms with van der Waals surface area (Å²) in [7, 11) is 0. The van der Waals surface area contributed by atoms with Gasteiger partial charge >= 0.3 is 0 Å². The lowest BCUT2D eigenvalue weighted by Gasteiger charge is -2.22. The van der Waals surface area contributed by atoms with Gasteiger partial charge in [-0.25, -0.2) is 0 Å². The molecule has 1 aromatic heterocycles. The van der Waals surface area contributed by atoms with E-state index in [0.29, 0.717) is 17.2 Å². The van der Waals surface area contributed by atoms with Crippen LogP contribution in [-0.4, -0.2) is 18.7 Å². The van der Waals surface area contributed by atoms with E-state index in [9.17, 15) is 4.79 Å². The fraction of sp³-hybridized carbons (Fsp3) is 0.190. The third kappa shape index (κ3) is 3.80. The van der Waals surface area contributed by atoms with Crippen LogP contribution in [0.1, 0.15) is 24.3 Å². The molecule has 0 fully saturated rings. The van der Waals surface area contributed by atoms with Crippen LogP contribution in [0.3, 0.4) is 0 Å². The highest BCUT2D eigenvalue weighted by molar-refractivity contribution is 5.94. The standard InChI is InChI=1S/C21H20N2O4/c1-14(21(24)23-16-9-10-17-19(12-16)27-13-26-17)22-20(18-8-5-11-25-18)15-6-3-2-4-7-15/h2-12,14,20,22H,13H2,1H3,(H,23,24)/t14-,20-/m1/s1. The molecular weight excluding hydrogens is 344 g/mol. The molecule has 6 nitrogen and oxygen atoms in total. The number of carbonyl (C=O) groups excluding carboxylic acids is 1. The molecule has 1 aliphatic rings. The molecule has 0 saturated carbocycles. The third-order valence-corrected chi connectivity index (χ3v) is 4.41. The molecule has 6 heteroatoms. The zero-order valence-electron chi connectivity index (χ0n) is 14.8. The van der Waals surface area contributed by atoms with Crippen LogP contribution in [0.25, 0.3) is 0 Å². The summed E-state index contributed by atoms with van der Waals surface area (Å²) >= 11 is 0. The zero-order chi connectivity index (χ0) is 18.6. The molecule has 0 bridgehead atoms. The molecule has 0 unspecified atom stereocenters. The summed E-state index contributed by atoms with van der Waals surface area (Å²) in [5.74, 6) is 1.91. The summed E-state index contributed by atoms with van der Waals surface area (Å²) in [6.07, 6.45) is 1.63. The van der Waals surface area contributed by atoms with Crippen LogP contribution < -0.4 is 20.1 Å². The summed E-state index contributed by atoms with van der Waals surface area (Å²) < 4.78 is 16.2. The van der Waals surface area contributed by atoms with E-state index in [1.54, 1.807) is 24.5 Å². The fourth-order valence-electron chi connectivity index (χ4n) is 2.99. The van der Waals surface area contributed by atoms with Gasteiger partial charge in [-0.3, -0.25) is 10.1 Å². The molecule has 2 aromatic carbocycles. The van der Waals surface area contributed by atoms with Crippen molar-refractivity contribution in [2.45, 2.75) is 19.0 Å². The number of carbonyl (C=O) groups is 1. The Balaban J connectivity index is 1.47. The molecule has 2 atom stereocenters. The molecule has 1 amide bonds. The predicted molar refractivity (Wildman–Crippen MR) is 101 cm³/mol. The van der Waals surface area contributed by atoms with Crippen molar-refractivity contribution in [1.29, 1.82) is 0 Å². The zero-order valence-corrected chi connectivity index (χ0v) is 14.8. The minimum atomic E-state index is -0.453. The summed E-state index contributed by atoms with van der Waals surface area (Å²) in [6, 6.07) is 18.3. The number of benzene rings is 2. The maximum Gasteiger partial charge on any atom is 0.241 e. The van der Waals surface area contributed by atoms with Gasteiger partial charge in [0.25, 0.3) is 0 Å². The number of hydrogen-bond donors (Lipinski definition) is 2. The van der Waals surface area contributed by atoms with E-state index in [-0.39, 0.29) is 18.7 Å². The number of anilines is 1. The second-order valence-corrected chi connectivity index (χ2v) is 6.30. The molecule has 2 N–H and O–H groups in total. The number of fused-ring (bicyclic) bond motifs is 1. The van der Waals surface area contributed by atoms with Gasteiger partial charge in [0.1, 0.15) is 5.76 Å². The Hall–Kier alpha value is -3.25. The van der Waals surface area contributed by atoms with Gasteiger partial charge in [0.05, 0.1) is 18.3 Å². The van der Waals surface area contributed by atoms with E-state index >= 15 is 0 Å². The highest BCUT2D eigenvalue weighted by atomic mass is 16.7. The first kappa shape index (κ1) is 17.2. The minimum absolute atomic E-state index is 0.152. The summed E-state index contributed by atoms with van der Waals surface area (Å²) in [6.45, 7) is 2.02. The lowest BCUT2D eigenvalue weighted by molar-refractivity contribution is -0.117. The van der Waals surface area contributed by atoms with Crippen LogP contribution in [0.2, 0.25) is 0 Å². The Morgan fingerprint density at radius 1 is 1.00 bits per heavy atom. The van der Waals surface area contributed by atoms with Gasteiger partial charge in [0, 0.05) is 11.8 Å². The van der Waals surface area contributed by atoms with Crippen LogP contribution in [-0.2, 0) is 4.79 Å². The molecule has 0 radical (unpaired) electrons. The van der Waals surface area contributed by atoms with Crippen molar-refractivity contribution in [1.82, 2.24) is 5.32 Å². The normalized spacial score (nSPS) is 14.6. The summed E-state index contributed by atoms with van der Waals surface area (Å²) in [5, 5.41) is 6.25. The molecule has 4 rings (SSSR count). The van der Waals surface area contributed by atoms with Gasteiger partial charge in [-0.2, -0.15) is 0 Å². The fourth-order valence-corrected chi connectivity index (χ4v) is 2.99. The first-order valence-electron chi connectivity index (χ1n) is 8.75. The van der Waals surface area contributed by atoms with Crippen molar-refractivity contribution in [2.75, 3.05) is 12.1 Å². The second-order valence-electron chi connectivity index (χ2n) is 6.30. The van der Waals surface area contributed by atoms with Crippen molar-refractivity contribution < 1.29 is 18.7 Å². The Bertz CT molecular complexity index is 909. The maximum absolute atomic E-state index is 12.7. The van der Waals surface area contributed by atoms with Gasteiger partial charge < -0.3 is 19.2 Å². The smallest absolute Gasteiger partial charge is 0.241 e. The minimum Gasteiger partial charge on any atom is -0.467 e. The molecule has 1 aliphatic heterocycles. The summed E-state index contributed by atoms with van der Waals surface area (Å²) in [5.41, 5.74) is 1.68. The van der Waals surface area contributed by atoms with Gasteiger partial charge in [0.15, 0.2) is 11.5 Å². The van der Waals surface area contributed by atoms with Crippen LogP contribution in [0.15, 0.2) is 71.3 Å². The largest absolute Gasteiger partial charge is 0.467 e. The highest BCUT2D eigenvalue weighted by Crippen LogP contribution is 2.34. The van der Waals surface area contributed by atoms with Crippen LogP contribution >= 0.6 is 0 Å². The van der Waals surface area contributed by atoms with E-state index in [1.807, 2.05) is 49.4 Å². The van der Waals surface area contributed by atoms with Crippen molar-refractivity contribution >= 4 is 11.6 Å². The van der Waals surface area contributed by atoms with Crippen LogP contribution in [0.5, 0.6) is 11.5 Å². The summed E-state index contributed by atoms with van der Waals surface area (Å²) in [4.78, 5) is 12.7. The molecule has 0 saturated heterocycles. The topological polar surface area (TPSA) is 72.7 Å². The molecule has 2 heterocycles. The second kappa shape index (κ2) is 7.55. The third-order valence-electron chi connectivity index (χ3n) is 4.41. The van der Waals surface area contributed by atoms with E-state index < -0.39 is 6.04 Å². The van der Waals surface area contributed by atoms with Crippen LogP contribution in [0.4, 0.5) is 5.69 Å². The Morgan fingerprint density at radius 2 is 1.81 bits per heavy atom. The van der Waals surface area contributed by atoms with Crippen molar-refractivity contribution in [3.05, 3.63) is 78.3 Å². The van der Waals surface area contributed by atoms with E-state index in [0.717, 1.165) is 11.3 Å². The first-order valence-corrected chi connectivity index (χ1v) is 8.75. The highest BCUT2D eigenvalue weighted by Gasteiger charge is 2.23. The lowest BCUT2D eigenvalue weighted by Crippen LogP contribution is -2.40. The Morgan fingerprint density at radius 3 is 2.59 bits per heavy atom. The maximum atomic E-state index is 12.7. The van der Waals surface area contributed by atoms with Crippen molar-refractivity contribution in [2.24, 2.45) is 0 Å². The molecule has 3 aromatic rings. The molecule has 0 spiro atoms. The monoisotopic (exact) mass is 364 g/mol. The SMILES string of the molecule is C[C@@H](N[C@H](c1ccccc1)c1ccco1)C(=O)Nc1ccc2c(c1)OCO2. The average Bonchev–Trinajstić information content (AvgIpc) is 3.38. The van der Waals surface area contributed by atoms with Gasteiger partial charge in [-0.15, -0.1) is 0 Å². The molecule has 0 aliphatic carbocycles. The Labute approximate surface area is 157 Å². The number of nitrogens with one attached hydrogen (secondary N) is 2. The Kier molecular flexibility index (Phi) is 4.80.